The number of fused-ring (bicyclic) bond motifs is 9. The largest absolute Gasteiger partial charge is 0.456 e. The zero-order chi connectivity index (χ0) is 37.5. The highest BCUT2D eigenvalue weighted by Gasteiger charge is 2.18. The summed E-state index contributed by atoms with van der Waals surface area (Å²) in [7, 11) is 0. The van der Waals surface area contributed by atoms with Gasteiger partial charge in [-0.2, -0.15) is 9.97 Å². The first kappa shape index (κ1) is 31.5. The van der Waals surface area contributed by atoms with Crippen molar-refractivity contribution in [1.29, 1.82) is 0 Å². The molecule has 0 amide bonds. The van der Waals surface area contributed by atoms with Gasteiger partial charge in [-0.3, -0.25) is 4.57 Å². The molecule has 0 atom stereocenters. The monoisotopic (exact) mass is 730 g/mol. The molecule has 0 aliphatic carbocycles. The normalized spacial score (nSPS) is 11.9. The Kier molecular flexibility index (Phi) is 6.83. The molecule has 266 valence electrons. The number of aromatic nitrogens is 4. The standard InChI is InChI=1S/C51H30N4O2/c1-2-10-32(11-3-1)49-52-50(54-51(53-49)55-43-15-7-4-12-37(43)38-13-5-8-16-44(38)55)33-20-18-31(19-21-33)34-22-25-41-42-27-24-36(30-48(42)57-47(41)28-34)35-23-26-40-39-14-6-9-17-45(39)56-46(40)29-35/h1-30H. The molecule has 6 heteroatoms. The molecule has 0 saturated carbocycles. The number of hydrogen-bond acceptors (Lipinski definition) is 5. The fourth-order valence-electron chi connectivity index (χ4n) is 8.30. The van der Waals surface area contributed by atoms with Crippen molar-refractivity contribution in [3.63, 3.8) is 0 Å². The maximum Gasteiger partial charge on any atom is 0.238 e. The minimum Gasteiger partial charge on any atom is -0.456 e. The Morgan fingerprint density at radius 1 is 0.298 bits per heavy atom. The highest BCUT2D eigenvalue weighted by atomic mass is 16.3. The summed E-state index contributed by atoms with van der Waals surface area (Å²) in [6.45, 7) is 0. The second kappa shape index (κ2) is 12.3. The Balaban J connectivity index is 0.910. The van der Waals surface area contributed by atoms with Crippen LogP contribution in [-0.4, -0.2) is 19.5 Å². The van der Waals surface area contributed by atoms with Gasteiger partial charge in [0.25, 0.3) is 0 Å². The molecule has 0 saturated heterocycles. The van der Waals surface area contributed by atoms with Crippen molar-refractivity contribution in [3.05, 3.63) is 182 Å². The maximum atomic E-state index is 6.52. The number of para-hydroxylation sites is 3. The van der Waals surface area contributed by atoms with Crippen LogP contribution in [0.25, 0.3) is 117 Å². The number of rotatable bonds is 5. The van der Waals surface area contributed by atoms with Crippen molar-refractivity contribution in [1.82, 2.24) is 19.5 Å². The van der Waals surface area contributed by atoms with Crippen molar-refractivity contribution in [2.24, 2.45) is 0 Å². The summed E-state index contributed by atoms with van der Waals surface area (Å²) in [6.07, 6.45) is 0. The minimum atomic E-state index is 0.578. The van der Waals surface area contributed by atoms with Gasteiger partial charge in [-0.05, 0) is 76.9 Å². The zero-order valence-electron chi connectivity index (χ0n) is 30.4. The quantitative estimate of drug-likeness (QED) is 0.176. The highest BCUT2D eigenvalue weighted by molar-refractivity contribution is 6.10. The van der Waals surface area contributed by atoms with Crippen LogP contribution >= 0.6 is 0 Å². The molecule has 0 spiro atoms. The van der Waals surface area contributed by atoms with Gasteiger partial charge in [-0.25, -0.2) is 4.98 Å². The summed E-state index contributed by atoms with van der Waals surface area (Å²) in [5.74, 6) is 1.80. The molecule has 0 fully saturated rings. The van der Waals surface area contributed by atoms with Gasteiger partial charge in [0, 0.05) is 43.4 Å². The summed E-state index contributed by atoms with van der Waals surface area (Å²) in [6, 6.07) is 62.8. The molecular formula is C51H30N4O2. The molecule has 0 radical (unpaired) electrons. The van der Waals surface area contributed by atoms with E-state index in [1.165, 1.54) is 0 Å². The van der Waals surface area contributed by atoms with Crippen molar-refractivity contribution < 1.29 is 8.83 Å². The van der Waals surface area contributed by atoms with Gasteiger partial charge >= 0.3 is 0 Å². The first-order valence-electron chi connectivity index (χ1n) is 19.0. The first-order valence-corrected chi connectivity index (χ1v) is 19.0. The lowest BCUT2D eigenvalue weighted by molar-refractivity contribution is 0.668. The van der Waals surface area contributed by atoms with Crippen molar-refractivity contribution in [2.75, 3.05) is 0 Å². The molecule has 0 aliphatic heterocycles. The van der Waals surface area contributed by atoms with Crippen LogP contribution in [-0.2, 0) is 0 Å². The average molecular weight is 731 g/mol. The fourth-order valence-corrected chi connectivity index (χ4v) is 8.30. The molecule has 0 unspecified atom stereocenters. The number of benzene rings is 8. The van der Waals surface area contributed by atoms with Gasteiger partial charge in [-0.15, -0.1) is 0 Å². The van der Waals surface area contributed by atoms with E-state index in [0.717, 1.165) is 99.1 Å². The molecule has 12 aromatic rings. The van der Waals surface area contributed by atoms with Crippen molar-refractivity contribution in [3.8, 4) is 51.0 Å². The highest BCUT2D eigenvalue weighted by Crippen LogP contribution is 2.38. The summed E-state index contributed by atoms with van der Waals surface area (Å²) in [5.41, 5.74) is 11.7. The fraction of sp³-hybridized carbons (Fsp3) is 0. The molecule has 6 nitrogen and oxygen atoms in total. The van der Waals surface area contributed by atoms with E-state index in [1.807, 2.05) is 48.5 Å². The Hall–Kier alpha value is -7.83. The average Bonchev–Trinajstić information content (AvgIpc) is 3.95. The molecule has 0 bridgehead atoms. The molecule has 0 N–H and O–H groups in total. The maximum absolute atomic E-state index is 6.52. The summed E-state index contributed by atoms with van der Waals surface area (Å²) in [4.78, 5) is 15.2. The smallest absolute Gasteiger partial charge is 0.238 e. The lowest BCUT2D eigenvalue weighted by atomic mass is 10.0. The molecule has 12 rings (SSSR count). The van der Waals surface area contributed by atoms with E-state index in [4.69, 9.17) is 23.8 Å². The van der Waals surface area contributed by atoms with Gasteiger partial charge in [0.1, 0.15) is 22.3 Å². The molecule has 57 heavy (non-hydrogen) atoms. The van der Waals surface area contributed by atoms with Crippen LogP contribution in [0.15, 0.2) is 191 Å². The summed E-state index contributed by atoms with van der Waals surface area (Å²) < 4.78 is 14.8. The van der Waals surface area contributed by atoms with Gasteiger partial charge in [0.05, 0.1) is 11.0 Å². The van der Waals surface area contributed by atoms with E-state index < -0.39 is 0 Å². The molecular weight excluding hydrogens is 701 g/mol. The van der Waals surface area contributed by atoms with Crippen LogP contribution in [0.5, 0.6) is 0 Å². The van der Waals surface area contributed by atoms with E-state index in [0.29, 0.717) is 17.6 Å². The number of furan rings is 2. The van der Waals surface area contributed by atoms with Crippen LogP contribution in [0.4, 0.5) is 0 Å². The third-order valence-electron chi connectivity index (χ3n) is 11.1. The summed E-state index contributed by atoms with van der Waals surface area (Å²) in [5, 5.41) is 6.73. The van der Waals surface area contributed by atoms with Crippen molar-refractivity contribution in [2.45, 2.75) is 0 Å². The predicted molar refractivity (Wildman–Crippen MR) is 230 cm³/mol. The van der Waals surface area contributed by atoms with Gasteiger partial charge < -0.3 is 8.83 Å². The number of hydrogen-bond donors (Lipinski definition) is 0. The Morgan fingerprint density at radius 2 is 0.702 bits per heavy atom. The SMILES string of the molecule is c1ccc(-c2nc(-c3ccc(-c4ccc5c(c4)oc4cc(-c6ccc7c(c6)oc6ccccc67)ccc45)cc3)nc(-n3c4ccccc4c4ccccc43)n2)cc1. The lowest BCUT2D eigenvalue weighted by Gasteiger charge is -2.11. The van der Waals surface area contributed by atoms with E-state index in [2.05, 4.69) is 138 Å². The lowest BCUT2D eigenvalue weighted by Crippen LogP contribution is -2.06. The molecule has 4 heterocycles. The Bertz CT molecular complexity index is 3470. The van der Waals surface area contributed by atoms with Gasteiger partial charge in [0.2, 0.25) is 5.95 Å². The third-order valence-corrected chi connectivity index (χ3v) is 11.1. The molecule has 4 aromatic heterocycles. The van der Waals surface area contributed by atoms with Crippen LogP contribution in [0.2, 0.25) is 0 Å². The molecule has 0 aliphatic rings. The number of nitrogens with zero attached hydrogens (tertiary/aromatic N) is 4. The second-order valence-electron chi connectivity index (χ2n) is 14.4. The Morgan fingerprint density at radius 3 is 1.28 bits per heavy atom. The van der Waals surface area contributed by atoms with E-state index >= 15 is 0 Å². The van der Waals surface area contributed by atoms with Gasteiger partial charge in [0.15, 0.2) is 11.6 Å². The third kappa shape index (κ3) is 5.08. The van der Waals surface area contributed by atoms with Crippen LogP contribution in [0.1, 0.15) is 0 Å². The van der Waals surface area contributed by atoms with Gasteiger partial charge in [-0.1, -0.05) is 127 Å². The topological polar surface area (TPSA) is 69.9 Å². The zero-order valence-corrected chi connectivity index (χ0v) is 30.4. The molecule has 8 aromatic carbocycles. The van der Waals surface area contributed by atoms with E-state index in [9.17, 15) is 0 Å². The first-order chi connectivity index (χ1) is 28.2. The van der Waals surface area contributed by atoms with Crippen LogP contribution in [0.3, 0.4) is 0 Å². The van der Waals surface area contributed by atoms with Crippen LogP contribution < -0.4 is 0 Å². The van der Waals surface area contributed by atoms with Crippen LogP contribution in [0, 0.1) is 0 Å². The van der Waals surface area contributed by atoms with E-state index in [1.54, 1.807) is 0 Å². The Labute approximate surface area is 325 Å². The van der Waals surface area contributed by atoms with E-state index in [-0.39, 0.29) is 0 Å². The predicted octanol–water partition coefficient (Wildman–Crippen LogP) is 13.4. The van der Waals surface area contributed by atoms with Crippen molar-refractivity contribution >= 4 is 65.7 Å². The summed E-state index contributed by atoms with van der Waals surface area (Å²) >= 11 is 0. The second-order valence-corrected chi connectivity index (χ2v) is 14.4. The minimum absolute atomic E-state index is 0.578.